The number of hydrogen-bond donors (Lipinski definition) is 1. The van der Waals surface area contributed by atoms with E-state index in [-0.39, 0.29) is 0 Å². The Kier molecular flexibility index (Phi) is 5.67. The monoisotopic (exact) mass is 310 g/mol. The quantitative estimate of drug-likeness (QED) is 0.898. The number of rotatable bonds is 5. The smallest absolute Gasteiger partial charge is 0.0230 e. The molecular formula is C15H23BrN2. The van der Waals surface area contributed by atoms with Crippen LogP contribution in [0.1, 0.15) is 24.8 Å². The van der Waals surface area contributed by atoms with Gasteiger partial charge in [-0.15, -0.1) is 0 Å². The summed E-state index contributed by atoms with van der Waals surface area (Å²) in [5, 5.41) is 3.49. The van der Waals surface area contributed by atoms with Crippen LogP contribution in [0.2, 0.25) is 0 Å². The molecule has 18 heavy (non-hydrogen) atoms. The minimum Gasteiger partial charge on any atom is -0.316 e. The maximum absolute atomic E-state index is 3.49. The third kappa shape index (κ3) is 4.71. The lowest BCUT2D eigenvalue weighted by Gasteiger charge is -2.25. The Morgan fingerprint density at radius 3 is 2.78 bits per heavy atom. The average Bonchev–Trinajstić information content (AvgIpc) is 2.40. The van der Waals surface area contributed by atoms with Gasteiger partial charge in [0.2, 0.25) is 0 Å². The van der Waals surface area contributed by atoms with E-state index >= 15 is 0 Å². The van der Waals surface area contributed by atoms with Crippen molar-refractivity contribution in [2.24, 2.45) is 5.92 Å². The predicted octanol–water partition coefficient (Wildman–Crippen LogP) is 3.27. The van der Waals surface area contributed by atoms with Gasteiger partial charge in [-0.05, 0) is 69.6 Å². The molecule has 1 unspecified atom stereocenters. The molecule has 3 heteroatoms. The Morgan fingerprint density at radius 1 is 1.33 bits per heavy atom. The Morgan fingerprint density at radius 2 is 2.11 bits per heavy atom. The second-order valence-corrected chi connectivity index (χ2v) is 6.28. The van der Waals surface area contributed by atoms with Crippen LogP contribution in [-0.2, 0) is 6.54 Å². The number of nitrogens with zero attached hydrogens (tertiary/aromatic N) is 1. The van der Waals surface area contributed by atoms with Crippen LogP contribution in [-0.4, -0.2) is 31.6 Å². The summed E-state index contributed by atoms with van der Waals surface area (Å²) >= 11 is 3.47. The van der Waals surface area contributed by atoms with Crippen LogP contribution < -0.4 is 5.32 Å². The molecule has 1 aliphatic heterocycles. The van der Waals surface area contributed by atoms with Crippen molar-refractivity contribution in [3.05, 3.63) is 34.3 Å². The maximum Gasteiger partial charge on any atom is 0.0230 e. The van der Waals surface area contributed by atoms with Gasteiger partial charge in [0.1, 0.15) is 0 Å². The Bertz CT molecular complexity index is 344. The molecule has 0 bridgehead atoms. The highest BCUT2D eigenvalue weighted by Gasteiger charge is 2.13. The topological polar surface area (TPSA) is 15.3 Å². The van der Waals surface area contributed by atoms with Crippen molar-refractivity contribution in [2.45, 2.75) is 25.8 Å². The van der Waals surface area contributed by atoms with Crippen LogP contribution in [0.25, 0.3) is 0 Å². The molecule has 0 radical (unpaired) electrons. The van der Waals surface area contributed by atoms with E-state index < -0.39 is 0 Å². The first-order chi connectivity index (χ1) is 8.74. The molecular weight excluding hydrogens is 288 g/mol. The van der Waals surface area contributed by atoms with Gasteiger partial charge in [-0.3, -0.25) is 0 Å². The molecule has 0 aromatic heterocycles. The average molecular weight is 311 g/mol. The third-order valence-electron chi connectivity index (χ3n) is 3.68. The van der Waals surface area contributed by atoms with Crippen LogP contribution >= 0.6 is 15.9 Å². The molecule has 100 valence electrons. The number of nitrogens with one attached hydrogen (secondary N) is 1. The fraction of sp³-hybridized carbons (Fsp3) is 0.600. The third-order valence-corrected chi connectivity index (χ3v) is 4.21. The van der Waals surface area contributed by atoms with Crippen molar-refractivity contribution in [3.8, 4) is 0 Å². The maximum atomic E-state index is 3.49. The second-order valence-electron chi connectivity index (χ2n) is 5.37. The van der Waals surface area contributed by atoms with Gasteiger partial charge in [-0.25, -0.2) is 0 Å². The first kappa shape index (κ1) is 14.0. The number of hydrogen-bond acceptors (Lipinski definition) is 2. The highest BCUT2D eigenvalue weighted by molar-refractivity contribution is 9.10. The summed E-state index contributed by atoms with van der Waals surface area (Å²) in [6.07, 6.45) is 4.07. The van der Waals surface area contributed by atoms with Crippen molar-refractivity contribution in [2.75, 3.05) is 26.7 Å². The first-order valence-electron chi connectivity index (χ1n) is 6.88. The highest BCUT2D eigenvalue weighted by Crippen LogP contribution is 2.15. The highest BCUT2D eigenvalue weighted by atomic mass is 79.9. The molecule has 1 heterocycles. The molecule has 2 rings (SSSR count). The zero-order valence-corrected chi connectivity index (χ0v) is 12.7. The molecule has 0 amide bonds. The van der Waals surface area contributed by atoms with Gasteiger partial charge >= 0.3 is 0 Å². The minimum atomic E-state index is 0.881. The molecule has 1 N–H and O–H groups in total. The summed E-state index contributed by atoms with van der Waals surface area (Å²) in [4.78, 5) is 2.43. The molecule has 1 aromatic carbocycles. The lowest BCUT2D eigenvalue weighted by atomic mass is 9.96. The molecule has 1 aromatic rings. The summed E-state index contributed by atoms with van der Waals surface area (Å²) in [6, 6.07) is 8.63. The van der Waals surface area contributed by atoms with Crippen LogP contribution in [0, 0.1) is 5.92 Å². The van der Waals surface area contributed by atoms with E-state index in [0.29, 0.717) is 0 Å². The van der Waals surface area contributed by atoms with Crippen molar-refractivity contribution < 1.29 is 0 Å². The molecule has 1 saturated heterocycles. The summed E-state index contributed by atoms with van der Waals surface area (Å²) < 4.78 is 1.15. The largest absolute Gasteiger partial charge is 0.316 e. The van der Waals surface area contributed by atoms with Crippen molar-refractivity contribution in [1.29, 1.82) is 0 Å². The van der Waals surface area contributed by atoms with Crippen molar-refractivity contribution in [1.82, 2.24) is 10.2 Å². The first-order valence-corrected chi connectivity index (χ1v) is 7.67. The van der Waals surface area contributed by atoms with E-state index in [9.17, 15) is 0 Å². The van der Waals surface area contributed by atoms with Crippen LogP contribution in [0.4, 0.5) is 0 Å². The normalized spacial score (nSPS) is 20.3. The van der Waals surface area contributed by atoms with E-state index in [2.05, 4.69) is 57.5 Å². The second kappa shape index (κ2) is 7.27. The molecule has 1 atom stereocenters. The Balaban J connectivity index is 1.71. The summed E-state index contributed by atoms with van der Waals surface area (Å²) in [7, 11) is 2.22. The van der Waals surface area contributed by atoms with E-state index in [0.717, 1.165) is 16.9 Å². The van der Waals surface area contributed by atoms with E-state index in [4.69, 9.17) is 0 Å². The lowest BCUT2D eigenvalue weighted by Crippen LogP contribution is -2.32. The molecule has 1 aliphatic rings. The number of benzene rings is 1. The van der Waals surface area contributed by atoms with Gasteiger partial charge in [-0.2, -0.15) is 0 Å². The van der Waals surface area contributed by atoms with Crippen LogP contribution in [0.15, 0.2) is 28.7 Å². The van der Waals surface area contributed by atoms with Crippen LogP contribution in [0.5, 0.6) is 0 Å². The van der Waals surface area contributed by atoms with Gasteiger partial charge in [0, 0.05) is 11.0 Å². The Labute approximate surface area is 119 Å². The summed E-state index contributed by atoms with van der Waals surface area (Å²) in [5.41, 5.74) is 1.39. The molecule has 1 fully saturated rings. The van der Waals surface area contributed by atoms with Gasteiger partial charge in [0.15, 0.2) is 0 Å². The van der Waals surface area contributed by atoms with E-state index in [1.165, 1.54) is 44.5 Å². The lowest BCUT2D eigenvalue weighted by molar-refractivity contribution is 0.268. The fourth-order valence-corrected chi connectivity index (χ4v) is 2.82. The fourth-order valence-electron chi connectivity index (χ4n) is 2.55. The molecule has 0 aliphatic carbocycles. The number of halogens is 1. The summed E-state index contributed by atoms with van der Waals surface area (Å²) in [5.74, 6) is 0.881. The minimum absolute atomic E-state index is 0.881. The van der Waals surface area contributed by atoms with E-state index in [1.54, 1.807) is 0 Å². The van der Waals surface area contributed by atoms with Gasteiger partial charge in [0.05, 0.1) is 0 Å². The van der Waals surface area contributed by atoms with Gasteiger partial charge < -0.3 is 10.2 Å². The predicted molar refractivity (Wildman–Crippen MR) is 80.7 cm³/mol. The van der Waals surface area contributed by atoms with Gasteiger partial charge in [-0.1, -0.05) is 28.1 Å². The van der Waals surface area contributed by atoms with Crippen molar-refractivity contribution in [3.63, 3.8) is 0 Å². The number of piperidine rings is 1. The molecule has 2 nitrogen and oxygen atoms in total. The summed E-state index contributed by atoms with van der Waals surface area (Å²) in [6.45, 7) is 4.67. The zero-order chi connectivity index (χ0) is 12.8. The SMILES string of the molecule is CN(CCC1CCCNC1)Cc1ccc(Br)cc1. The van der Waals surface area contributed by atoms with Crippen molar-refractivity contribution >= 4 is 15.9 Å². The Hall–Kier alpha value is -0.380. The molecule has 0 saturated carbocycles. The standard InChI is InChI=1S/C15H23BrN2/c1-18(10-8-13-3-2-9-17-11-13)12-14-4-6-15(16)7-5-14/h4-7,13,17H,2-3,8-12H2,1H3. The van der Waals surface area contributed by atoms with Crippen LogP contribution in [0.3, 0.4) is 0 Å². The van der Waals surface area contributed by atoms with E-state index in [1.807, 2.05) is 0 Å². The zero-order valence-electron chi connectivity index (χ0n) is 11.2. The molecule has 0 spiro atoms. The van der Waals surface area contributed by atoms with Gasteiger partial charge in [0.25, 0.3) is 0 Å².